The molecule has 0 radical (unpaired) electrons. The Morgan fingerprint density at radius 1 is 1.26 bits per heavy atom. The van der Waals surface area contributed by atoms with Crippen LogP contribution in [0.25, 0.3) is 11.1 Å². The van der Waals surface area contributed by atoms with Gasteiger partial charge in [-0.15, -0.1) is 0 Å². The summed E-state index contributed by atoms with van der Waals surface area (Å²) in [6.45, 7) is 2.89. The number of hydrogen-bond donors (Lipinski definition) is 4. The molecule has 5 nitrogen and oxygen atoms in total. The molecule has 1 aliphatic heterocycles. The summed E-state index contributed by atoms with van der Waals surface area (Å²) in [4.78, 5) is 11.3. The lowest BCUT2D eigenvalue weighted by Gasteiger charge is -2.40. The summed E-state index contributed by atoms with van der Waals surface area (Å²) in [6.07, 6.45) is 2.30. The van der Waals surface area contributed by atoms with Crippen LogP contribution in [-0.2, 0) is 10.4 Å². The predicted octanol–water partition coefficient (Wildman–Crippen LogP) is 3.02. The highest BCUT2D eigenvalue weighted by Gasteiger charge is 2.41. The number of amides is 1. The molecule has 1 fully saturated rings. The summed E-state index contributed by atoms with van der Waals surface area (Å²) in [5, 5.41) is 26.7. The van der Waals surface area contributed by atoms with E-state index in [1.54, 1.807) is 18.2 Å². The number of aliphatic hydroxyl groups excluding tert-OH is 1. The molecule has 1 aliphatic rings. The number of hydrogen-bond acceptors (Lipinski definition) is 4. The maximum absolute atomic E-state index is 15.1. The van der Waals surface area contributed by atoms with Gasteiger partial charge in [-0.3, -0.25) is 4.79 Å². The molecular weight excluding hydrogens is 402 g/mol. The molecule has 0 aliphatic carbocycles. The molecule has 1 saturated heterocycles. The number of carbonyl (C=O) groups excluding carboxylic acids is 1. The average molecular weight is 433 g/mol. The highest BCUT2D eigenvalue weighted by atomic mass is 19.1. The normalized spacial score (nSPS) is 18.4. The molecule has 2 atom stereocenters. The molecule has 2 aromatic carbocycles. The number of aliphatic hydroxyl groups is 2. The van der Waals surface area contributed by atoms with Crippen molar-refractivity contribution in [3.63, 3.8) is 0 Å². The van der Waals surface area contributed by atoms with Gasteiger partial charge in [0, 0.05) is 30.1 Å². The quantitative estimate of drug-likeness (QED) is 0.484. The predicted molar refractivity (Wildman–Crippen MR) is 115 cm³/mol. The Hall–Kier alpha value is -2.35. The molecule has 168 valence electrons. The van der Waals surface area contributed by atoms with E-state index in [4.69, 9.17) is 5.11 Å². The molecule has 1 heterocycles. The number of aryl methyl sites for hydroxylation is 1. The third-order valence-electron chi connectivity index (χ3n) is 6.04. The Bertz CT molecular complexity index is 916. The van der Waals surface area contributed by atoms with Crippen LogP contribution in [0.3, 0.4) is 0 Å². The monoisotopic (exact) mass is 432 g/mol. The molecule has 7 heteroatoms. The van der Waals surface area contributed by atoms with Crippen LogP contribution < -0.4 is 10.6 Å². The maximum Gasteiger partial charge on any atom is 0.245 e. The molecule has 1 unspecified atom stereocenters. The molecule has 0 bridgehead atoms. The fraction of sp³-hybridized carbons (Fsp3) is 0.458. The van der Waals surface area contributed by atoms with E-state index in [0.29, 0.717) is 18.5 Å². The van der Waals surface area contributed by atoms with Crippen LogP contribution in [0.15, 0.2) is 36.4 Å². The van der Waals surface area contributed by atoms with Crippen molar-refractivity contribution in [2.75, 3.05) is 26.2 Å². The van der Waals surface area contributed by atoms with Gasteiger partial charge < -0.3 is 20.8 Å². The van der Waals surface area contributed by atoms with E-state index in [-0.39, 0.29) is 30.0 Å². The van der Waals surface area contributed by atoms with E-state index < -0.39 is 29.7 Å². The summed E-state index contributed by atoms with van der Waals surface area (Å²) < 4.78 is 29.9. The van der Waals surface area contributed by atoms with Crippen LogP contribution in [0.2, 0.25) is 0 Å². The molecule has 3 rings (SSSR count). The number of nitrogens with one attached hydrogen (secondary N) is 2. The first-order valence-electron chi connectivity index (χ1n) is 10.7. The first-order valence-corrected chi connectivity index (χ1v) is 10.7. The summed E-state index contributed by atoms with van der Waals surface area (Å²) in [6, 6.07) is 9.02. The van der Waals surface area contributed by atoms with Gasteiger partial charge in [-0.2, -0.15) is 0 Å². The van der Waals surface area contributed by atoms with Crippen molar-refractivity contribution >= 4 is 5.91 Å². The highest BCUT2D eigenvalue weighted by molar-refractivity contribution is 5.76. The minimum Gasteiger partial charge on any atom is -0.387 e. The number of rotatable bonds is 8. The van der Waals surface area contributed by atoms with E-state index in [1.807, 2.05) is 6.92 Å². The van der Waals surface area contributed by atoms with Crippen LogP contribution in [0.4, 0.5) is 8.78 Å². The second-order valence-electron chi connectivity index (χ2n) is 8.22. The number of piperidine rings is 1. The van der Waals surface area contributed by atoms with Crippen LogP contribution in [0, 0.1) is 24.5 Å². The van der Waals surface area contributed by atoms with Crippen LogP contribution in [-0.4, -0.2) is 42.4 Å². The zero-order valence-electron chi connectivity index (χ0n) is 17.8. The fourth-order valence-electron chi connectivity index (χ4n) is 4.45. The SMILES string of the molecule is Cc1ccc(F)c(-c2c(F)cccc2[C@](O)(CCCNC(=O)CO)C2CCCNC2)c1. The summed E-state index contributed by atoms with van der Waals surface area (Å²) in [5.41, 5.74) is -0.0511. The lowest BCUT2D eigenvalue weighted by Crippen LogP contribution is -2.45. The van der Waals surface area contributed by atoms with Gasteiger partial charge in [0.05, 0.1) is 5.60 Å². The van der Waals surface area contributed by atoms with Gasteiger partial charge in [0.15, 0.2) is 0 Å². The number of benzene rings is 2. The smallest absolute Gasteiger partial charge is 0.245 e. The number of halogens is 2. The molecule has 0 aromatic heterocycles. The second kappa shape index (κ2) is 10.3. The maximum atomic E-state index is 15.1. The van der Waals surface area contributed by atoms with Crippen molar-refractivity contribution in [3.8, 4) is 11.1 Å². The second-order valence-corrected chi connectivity index (χ2v) is 8.22. The lowest BCUT2D eigenvalue weighted by atomic mass is 9.72. The van der Waals surface area contributed by atoms with E-state index in [9.17, 15) is 14.3 Å². The Balaban J connectivity index is 2.03. The van der Waals surface area contributed by atoms with Gasteiger partial charge in [0.25, 0.3) is 0 Å². The standard InChI is InChI=1S/C24H30F2N2O3/c1-16-8-9-20(25)18(13-16)23-19(6-2-7-21(23)26)24(31,17-5-3-11-27-14-17)10-4-12-28-22(30)15-29/h2,6-9,13,17,27,29,31H,3-5,10-12,14-15H2,1H3,(H,28,30)/t17?,24-/m0/s1. The van der Waals surface area contributed by atoms with Crippen molar-refractivity contribution in [3.05, 3.63) is 59.2 Å². The van der Waals surface area contributed by atoms with Gasteiger partial charge in [-0.05, 0) is 62.9 Å². The summed E-state index contributed by atoms with van der Waals surface area (Å²) >= 11 is 0. The summed E-state index contributed by atoms with van der Waals surface area (Å²) in [7, 11) is 0. The van der Waals surface area contributed by atoms with Gasteiger partial charge in [-0.1, -0.05) is 23.8 Å². The fourth-order valence-corrected chi connectivity index (χ4v) is 4.45. The first-order chi connectivity index (χ1) is 14.9. The van der Waals surface area contributed by atoms with E-state index in [1.165, 1.54) is 18.2 Å². The Kier molecular flexibility index (Phi) is 7.75. The molecular formula is C24H30F2N2O3. The zero-order chi connectivity index (χ0) is 22.4. The van der Waals surface area contributed by atoms with E-state index in [0.717, 1.165) is 24.9 Å². The van der Waals surface area contributed by atoms with Crippen LogP contribution in [0.5, 0.6) is 0 Å². The van der Waals surface area contributed by atoms with Crippen LogP contribution >= 0.6 is 0 Å². The van der Waals surface area contributed by atoms with Crippen molar-refractivity contribution in [2.24, 2.45) is 5.92 Å². The highest BCUT2D eigenvalue weighted by Crippen LogP contribution is 2.43. The van der Waals surface area contributed by atoms with E-state index in [2.05, 4.69) is 10.6 Å². The zero-order valence-corrected chi connectivity index (χ0v) is 17.8. The van der Waals surface area contributed by atoms with Gasteiger partial charge in [0.1, 0.15) is 18.2 Å². The van der Waals surface area contributed by atoms with Gasteiger partial charge >= 0.3 is 0 Å². The summed E-state index contributed by atoms with van der Waals surface area (Å²) in [5.74, 6) is -1.81. The Labute approximate surface area is 181 Å². The largest absolute Gasteiger partial charge is 0.387 e. The molecule has 0 spiro atoms. The van der Waals surface area contributed by atoms with E-state index >= 15 is 4.39 Å². The Morgan fingerprint density at radius 3 is 2.77 bits per heavy atom. The molecule has 2 aromatic rings. The molecule has 1 amide bonds. The Morgan fingerprint density at radius 2 is 2.06 bits per heavy atom. The molecule has 31 heavy (non-hydrogen) atoms. The third-order valence-corrected chi connectivity index (χ3v) is 6.04. The number of carbonyl (C=O) groups is 1. The average Bonchev–Trinajstić information content (AvgIpc) is 2.78. The first kappa shape index (κ1) is 23.3. The minimum absolute atomic E-state index is 0.0798. The van der Waals surface area contributed by atoms with Gasteiger partial charge in [0.2, 0.25) is 5.91 Å². The lowest BCUT2D eigenvalue weighted by molar-refractivity contribution is -0.123. The van der Waals surface area contributed by atoms with Crippen molar-refractivity contribution < 1.29 is 23.8 Å². The van der Waals surface area contributed by atoms with Crippen LogP contribution in [0.1, 0.15) is 36.8 Å². The van der Waals surface area contributed by atoms with Crippen molar-refractivity contribution in [1.82, 2.24) is 10.6 Å². The molecule has 0 saturated carbocycles. The topological polar surface area (TPSA) is 81.6 Å². The molecule has 4 N–H and O–H groups in total. The van der Waals surface area contributed by atoms with Gasteiger partial charge in [-0.25, -0.2) is 8.78 Å². The van der Waals surface area contributed by atoms with Crippen molar-refractivity contribution in [1.29, 1.82) is 0 Å². The van der Waals surface area contributed by atoms with Crippen molar-refractivity contribution in [2.45, 2.75) is 38.2 Å². The minimum atomic E-state index is -1.41. The third kappa shape index (κ3) is 5.29.